The van der Waals surface area contributed by atoms with Crippen molar-refractivity contribution in [2.75, 3.05) is 0 Å². The average molecular weight is 291 g/mol. The predicted octanol–water partition coefficient (Wildman–Crippen LogP) is 4.43. The highest BCUT2D eigenvalue weighted by atomic mass is 16.1. The highest BCUT2D eigenvalue weighted by molar-refractivity contribution is 5.73. The average Bonchev–Trinajstić information content (AvgIpc) is 2.55. The van der Waals surface area contributed by atoms with Gasteiger partial charge in [-0.05, 0) is 35.1 Å². The molecule has 0 spiro atoms. The summed E-state index contributed by atoms with van der Waals surface area (Å²) in [5.74, 6) is 0.424. The van der Waals surface area contributed by atoms with Crippen molar-refractivity contribution in [1.82, 2.24) is 5.32 Å². The molecule has 1 unspecified atom stereocenters. The SMILES string of the molecule is C=Cc1cccc(C2CC[C@@H](NC(C)=O)c3ccccc32)c1. The number of carbonyl (C=O) groups is 1. The van der Waals surface area contributed by atoms with E-state index in [1.807, 2.05) is 6.08 Å². The summed E-state index contributed by atoms with van der Waals surface area (Å²) in [5.41, 5.74) is 5.05. The summed E-state index contributed by atoms with van der Waals surface area (Å²) in [6, 6.07) is 17.2. The van der Waals surface area contributed by atoms with Gasteiger partial charge in [-0.2, -0.15) is 0 Å². The van der Waals surface area contributed by atoms with Crippen LogP contribution >= 0.6 is 0 Å². The summed E-state index contributed by atoms with van der Waals surface area (Å²) >= 11 is 0. The van der Waals surface area contributed by atoms with Crippen LogP contribution in [0.1, 0.15) is 54.0 Å². The molecule has 1 amide bonds. The molecule has 0 radical (unpaired) electrons. The Morgan fingerprint density at radius 1 is 1.14 bits per heavy atom. The van der Waals surface area contributed by atoms with Gasteiger partial charge in [-0.25, -0.2) is 0 Å². The molecule has 0 aromatic heterocycles. The number of rotatable bonds is 3. The Labute approximate surface area is 131 Å². The molecule has 2 heteroatoms. The Balaban J connectivity index is 2.00. The van der Waals surface area contributed by atoms with Crippen molar-refractivity contribution >= 4 is 12.0 Å². The van der Waals surface area contributed by atoms with Gasteiger partial charge in [0.15, 0.2) is 0 Å². The number of hydrogen-bond acceptors (Lipinski definition) is 1. The first-order valence-electron chi connectivity index (χ1n) is 7.77. The number of hydrogen-bond donors (Lipinski definition) is 1. The van der Waals surface area contributed by atoms with E-state index in [0.717, 1.165) is 18.4 Å². The second-order valence-electron chi connectivity index (χ2n) is 5.89. The third-order valence-corrected chi connectivity index (χ3v) is 4.42. The van der Waals surface area contributed by atoms with Gasteiger partial charge in [0.2, 0.25) is 5.91 Å². The second kappa shape index (κ2) is 6.18. The standard InChI is InChI=1S/C20H21NO/c1-3-15-7-6-8-16(13-15)17-11-12-20(21-14(2)22)19-10-5-4-9-18(17)19/h3-10,13,17,20H,1,11-12H2,2H3,(H,21,22)/t17?,20-/m1/s1. The molecule has 1 N–H and O–H groups in total. The van der Waals surface area contributed by atoms with E-state index in [0.29, 0.717) is 5.92 Å². The van der Waals surface area contributed by atoms with Gasteiger partial charge in [0.1, 0.15) is 0 Å². The Bertz CT molecular complexity index is 704. The molecule has 0 heterocycles. The number of amides is 1. The molecule has 2 atom stereocenters. The first-order chi connectivity index (χ1) is 10.7. The second-order valence-corrected chi connectivity index (χ2v) is 5.89. The van der Waals surface area contributed by atoms with E-state index < -0.39 is 0 Å². The summed E-state index contributed by atoms with van der Waals surface area (Å²) in [6.45, 7) is 5.44. The third kappa shape index (κ3) is 2.82. The molecule has 0 fully saturated rings. The fourth-order valence-corrected chi connectivity index (χ4v) is 3.43. The quantitative estimate of drug-likeness (QED) is 0.890. The van der Waals surface area contributed by atoms with Crippen LogP contribution in [0.2, 0.25) is 0 Å². The molecule has 2 aromatic carbocycles. The van der Waals surface area contributed by atoms with Crippen LogP contribution in [0.15, 0.2) is 55.1 Å². The summed E-state index contributed by atoms with van der Waals surface area (Å²) in [6.07, 6.45) is 3.90. The van der Waals surface area contributed by atoms with Crippen LogP contribution in [0.3, 0.4) is 0 Å². The molecule has 0 saturated heterocycles. The molecule has 0 aliphatic heterocycles. The summed E-state index contributed by atoms with van der Waals surface area (Å²) < 4.78 is 0. The van der Waals surface area contributed by atoms with Crippen molar-refractivity contribution in [2.24, 2.45) is 0 Å². The van der Waals surface area contributed by atoms with E-state index in [4.69, 9.17) is 0 Å². The summed E-state index contributed by atoms with van der Waals surface area (Å²) in [5, 5.41) is 3.08. The maximum atomic E-state index is 11.4. The maximum absolute atomic E-state index is 11.4. The Hall–Kier alpha value is -2.35. The van der Waals surface area contributed by atoms with Gasteiger partial charge >= 0.3 is 0 Å². The molecular weight excluding hydrogens is 270 g/mol. The van der Waals surface area contributed by atoms with Crippen LogP contribution in [0.5, 0.6) is 0 Å². The van der Waals surface area contributed by atoms with Crippen molar-refractivity contribution < 1.29 is 4.79 Å². The van der Waals surface area contributed by atoms with E-state index in [2.05, 4.69) is 60.4 Å². The Morgan fingerprint density at radius 2 is 1.91 bits per heavy atom. The largest absolute Gasteiger partial charge is 0.350 e. The minimum atomic E-state index is 0.0342. The number of nitrogens with one attached hydrogen (secondary N) is 1. The van der Waals surface area contributed by atoms with Crippen molar-refractivity contribution in [3.05, 3.63) is 77.4 Å². The Kier molecular flexibility index (Phi) is 4.10. The van der Waals surface area contributed by atoms with Crippen molar-refractivity contribution in [1.29, 1.82) is 0 Å². The molecule has 1 aliphatic carbocycles. The lowest BCUT2D eigenvalue weighted by molar-refractivity contribution is -0.119. The van der Waals surface area contributed by atoms with Gasteiger partial charge in [0.25, 0.3) is 0 Å². The first-order valence-corrected chi connectivity index (χ1v) is 7.77. The molecule has 112 valence electrons. The zero-order chi connectivity index (χ0) is 15.5. The fourth-order valence-electron chi connectivity index (χ4n) is 3.43. The van der Waals surface area contributed by atoms with Gasteiger partial charge in [-0.15, -0.1) is 0 Å². The number of benzene rings is 2. The van der Waals surface area contributed by atoms with Crippen LogP contribution in [0.25, 0.3) is 6.08 Å². The van der Waals surface area contributed by atoms with Crippen LogP contribution in [-0.2, 0) is 4.79 Å². The van der Waals surface area contributed by atoms with Crippen molar-refractivity contribution in [3.8, 4) is 0 Å². The van der Waals surface area contributed by atoms with E-state index in [-0.39, 0.29) is 11.9 Å². The molecule has 0 bridgehead atoms. The molecule has 2 aromatic rings. The minimum absolute atomic E-state index is 0.0342. The molecule has 2 nitrogen and oxygen atoms in total. The van der Waals surface area contributed by atoms with E-state index in [1.165, 1.54) is 16.7 Å². The number of fused-ring (bicyclic) bond motifs is 1. The van der Waals surface area contributed by atoms with Crippen molar-refractivity contribution in [2.45, 2.75) is 31.7 Å². The van der Waals surface area contributed by atoms with Gasteiger partial charge in [-0.1, -0.05) is 61.2 Å². The molecule has 22 heavy (non-hydrogen) atoms. The fraction of sp³-hybridized carbons (Fsp3) is 0.250. The lowest BCUT2D eigenvalue weighted by Gasteiger charge is -2.32. The minimum Gasteiger partial charge on any atom is -0.350 e. The number of carbonyl (C=O) groups excluding carboxylic acids is 1. The van der Waals surface area contributed by atoms with E-state index >= 15 is 0 Å². The van der Waals surface area contributed by atoms with E-state index in [1.54, 1.807) is 6.92 Å². The molecule has 1 aliphatic rings. The monoisotopic (exact) mass is 291 g/mol. The van der Waals surface area contributed by atoms with Crippen LogP contribution in [-0.4, -0.2) is 5.91 Å². The first kappa shape index (κ1) is 14.6. The lowest BCUT2D eigenvalue weighted by atomic mass is 9.76. The lowest BCUT2D eigenvalue weighted by Crippen LogP contribution is -2.30. The van der Waals surface area contributed by atoms with Gasteiger partial charge < -0.3 is 5.32 Å². The topological polar surface area (TPSA) is 29.1 Å². The molecule has 3 rings (SSSR count). The molecular formula is C20H21NO. The summed E-state index contributed by atoms with van der Waals surface area (Å²) in [4.78, 5) is 11.4. The van der Waals surface area contributed by atoms with Crippen LogP contribution < -0.4 is 5.32 Å². The highest BCUT2D eigenvalue weighted by Gasteiger charge is 2.28. The summed E-state index contributed by atoms with van der Waals surface area (Å²) in [7, 11) is 0. The van der Waals surface area contributed by atoms with E-state index in [9.17, 15) is 4.79 Å². The van der Waals surface area contributed by atoms with Crippen LogP contribution in [0.4, 0.5) is 0 Å². The predicted molar refractivity (Wildman–Crippen MR) is 90.6 cm³/mol. The van der Waals surface area contributed by atoms with Gasteiger partial charge in [0.05, 0.1) is 6.04 Å². The Morgan fingerprint density at radius 3 is 2.64 bits per heavy atom. The zero-order valence-corrected chi connectivity index (χ0v) is 12.9. The zero-order valence-electron chi connectivity index (χ0n) is 12.9. The maximum Gasteiger partial charge on any atom is 0.217 e. The third-order valence-electron chi connectivity index (χ3n) is 4.42. The van der Waals surface area contributed by atoms with Crippen molar-refractivity contribution in [3.63, 3.8) is 0 Å². The molecule has 0 saturated carbocycles. The van der Waals surface area contributed by atoms with Gasteiger partial charge in [-0.3, -0.25) is 4.79 Å². The highest BCUT2D eigenvalue weighted by Crippen LogP contribution is 2.41. The smallest absolute Gasteiger partial charge is 0.217 e. The van der Waals surface area contributed by atoms with Crippen LogP contribution in [0, 0.1) is 0 Å². The normalized spacial score (nSPS) is 20.0. The van der Waals surface area contributed by atoms with Gasteiger partial charge in [0, 0.05) is 12.8 Å².